The summed E-state index contributed by atoms with van der Waals surface area (Å²) in [6.07, 6.45) is 0. The van der Waals surface area contributed by atoms with Crippen molar-refractivity contribution in [2.24, 2.45) is 0 Å². The number of benzene rings is 9. The molecule has 9 aromatic carbocycles. The van der Waals surface area contributed by atoms with Crippen molar-refractivity contribution >= 4 is 44.1 Å². The first-order chi connectivity index (χ1) is 24.3. The van der Waals surface area contributed by atoms with Crippen LogP contribution >= 0.6 is 11.8 Å². The second-order valence-electron chi connectivity index (χ2n) is 12.8. The molecule has 9 aromatic rings. The standard InChI is InChI=1S/C48H30S/c1-2-14-31(15-3-1)33-18-10-19-34(30-33)46-37-21-4-6-23-39(37)47(40-24-7-5-22-38(40)46)43-28-13-27-42-41-26-12-17-32-16-11-25-36(45(32)41)35-20-8-9-29-44(35)49-48(42)43/h1-30H. The van der Waals surface area contributed by atoms with Crippen LogP contribution in [0, 0.1) is 0 Å². The van der Waals surface area contributed by atoms with Crippen molar-refractivity contribution in [1.82, 2.24) is 0 Å². The highest BCUT2D eigenvalue weighted by Gasteiger charge is 2.24. The summed E-state index contributed by atoms with van der Waals surface area (Å²) in [5.41, 5.74) is 12.7. The number of fused-ring (bicyclic) bond motifs is 6. The van der Waals surface area contributed by atoms with Gasteiger partial charge in [-0.3, -0.25) is 0 Å². The molecule has 0 amide bonds. The van der Waals surface area contributed by atoms with E-state index in [-0.39, 0.29) is 0 Å². The van der Waals surface area contributed by atoms with Crippen LogP contribution in [0.1, 0.15) is 0 Å². The van der Waals surface area contributed by atoms with Crippen LogP contribution in [0.25, 0.3) is 88.0 Å². The van der Waals surface area contributed by atoms with Crippen LogP contribution < -0.4 is 0 Å². The fourth-order valence-electron chi connectivity index (χ4n) is 7.95. The fraction of sp³-hybridized carbons (Fsp3) is 0. The van der Waals surface area contributed by atoms with Crippen molar-refractivity contribution in [3.05, 3.63) is 182 Å². The van der Waals surface area contributed by atoms with E-state index in [1.165, 1.54) is 97.7 Å². The topological polar surface area (TPSA) is 0 Å². The maximum Gasteiger partial charge on any atom is 0.0280 e. The smallest absolute Gasteiger partial charge is 0.0280 e. The minimum absolute atomic E-state index is 1.23. The highest BCUT2D eigenvalue weighted by molar-refractivity contribution is 7.99. The SMILES string of the molecule is c1ccc(-c2cccc(-c3c4ccccc4c(-c4cccc5c4Sc4ccccc4-c4cccc6cccc-5c46)c4ccccc34)c2)cc1. The van der Waals surface area contributed by atoms with Crippen LogP contribution in [0.15, 0.2) is 192 Å². The molecule has 0 saturated heterocycles. The highest BCUT2D eigenvalue weighted by atomic mass is 32.2. The molecule has 1 heterocycles. The summed E-state index contributed by atoms with van der Waals surface area (Å²) in [7, 11) is 0. The summed E-state index contributed by atoms with van der Waals surface area (Å²) < 4.78 is 0. The van der Waals surface area contributed by atoms with Crippen LogP contribution in [-0.2, 0) is 0 Å². The molecule has 0 radical (unpaired) electrons. The summed E-state index contributed by atoms with van der Waals surface area (Å²) in [5.74, 6) is 0. The molecule has 0 nitrogen and oxygen atoms in total. The second kappa shape index (κ2) is 11.4. The van der Waals surface area contributed by atoms with Crippen LogP contribution in [0.3, 0.4) is 0 Å². The molecule has 0 fully saturated rings. The van der Waals surface area contributed by atoms with Gasteiger partial charge in [0.25, 0.3) is 0 Å². The Balaban J connectivity index is 1.30. The number of hydrogen-bond acceptors (Lipinski definition) is 1. The molecule has 0 saturated carbocycles. The summed E-state index contributed by atoms with van der Waals surface area (Å²) in [6.45, 7) is 0. The van der Waals surface area contributed by atoms with Crippen molar-refractivity contribution in [1.29, 1.82) is 0 Å². The van der Waals surface area contributed by atoms with E-state index < -0.39 is 0 Å². The van der Waals surface area contributed by atoms with E-state index in [0.717, 1.165) is 0 Å². The predicted octanol–water partition coefficient (Wildman–Crippen LogP) is 13.9. The Morgan fingerprint density at radius 1 is 0.306 bits per heavy atom. The van der Waals surface area contributed by atoms with Crippen molar-refractivity contribution in [3.63, 3.8) is 0 Å². The zero-order valence-electron chi connectivity index (χ0n) is 26.7. The molecule has 1 heteroatoms. The van der Waals surface area contributed by atoms with Gasteiger partial charge in [-0.05, 0) is 100 Å². The first-order valence-electron chi connectivity index (χ1n) is 16.9. The third-order valence-corrected chi connectivity index (χ3v) is 11.3. The summed E-state index contributed by atoms with van der Waals surface area (Å²) >= 11 is 1.90. The van der Waals surface area contributed by atoms with Crippen LogP contribution in [-0.4, -0.2) is 0 Å². The van der Waals surface area contributed by atoms with E-state index in [0.29, 0.717) is 0 Å². The molecule has 1 aliphatic heterocycles. The summed E-state index contributed by atoms with van der Waals surface area (Å²) in [6, 6.07) is 67.0. The lowest BCUT2D eigenvalue weighted by Gasteiger charge is -2.24. The lowest BCUT2D eigenvalue weighted by molar-refractivity contribution is 1.39. The van der Waals surface area contributed by atoms with Gasteiger partial charge in [0, 0.05) is 9.79 Å². The molecule has 10 rings (SSSR count). The maximum absolute atomic E-state index is 2.35. The van der Waals surface area contributed by atoms with Crippen molar-refractivity contribution in [2.45, 2.75) is 9.79 Å². The average molecular weight is 639 g/mol. The van der Waals surface area contributed by atoms with Gasteiger partial charge in [-0.1, -0.05) is 182 Å². The highest BCUT2D eigenvalue weighted by Crippen LogP contribution is 2.53. The molecule has 228 valence electrons. The average Bonchev–Trinajstić information content (AvgIpc) is 3.17. The second-order valence-corrected chi connectivity index (χ2v) is 13.8. The molecule has 0 N–H and O–H groups in total. The minimum Gasteiger partial charge on any atom is -0.0881 e. The zero-order valence-corrected chi connectivity index (χ0v) is 27.5. The number of rotatable bonds is 3. The van der Waals surface area contributed by atoms with Gasteiger partial charge < -0.3 is 0 Å². The molecule has 0 atom stereocenters. The fourth-order valence-corrected chi connectivity index (χ4v) is 9.17. The Morgan fingerprint density at radius 3 is 1.53 bits per heavy atom. The van der Waals surface area contributed by atoms with E-state index in [2.05, 4.69) is 182 Å². The maximum atomic E-state index is 2.35. The summed E-state index contributed by atoms with van der Waals surface area (Å²) in [4.78, 5) is 2.58. The van der Waals surface area contributed by atoms with Crippen LogP contribution in [0.5, 0.6) is 0 Å². The largest absolute Gasteiger partial charge is 0.0881 e. The molecule has 0 bridgehead atoms. The quantitative estimate of drug-likeness (QED) is 0.174. The van der Waals surface area contributed by atoms with E-state index in [1.54, 1.807) is 0 Å². The van der Waals surface area contributed by atoms with Crippen LogP contribution in [0.4, 0.5) is 0 Å². The van der Waals surface area contributed by atoms with E-state index in [1.807, 2.05) is 11.8 Å². The molecule has 0 unspecified atom stereocenters. The first-order valence-corrected chi connectivity index (χ1v) is 17.7. The Hall–Kier alpha value is -5.89. The molecule has 49 heavy (non-hydrogen) atoms. The van der Waals surface area contributed by atoms with Crippen LogP contribution in [0.2, 0.25) is 0 Å². The van der Waals surface area contributed by atoms with E-state index >= 15 is 0 Å². The molecular weight excluding hydrogens is 609 g/mol. The minimum atomic E-state index is 1.23. The third-order valence-electron chi connectivity index (χ3n) is 10.1. The van der Waals surface area contributed by atoms with Gasteiger partial charge in [0.05, 0.1) is 0 Å². The monoisotopic (exact) mass is 638 g/mol. The van der Waals surface area contributed by atoms with Gasteiger partial charge in [0.1, 0.15) is 0 Å². The van der Waals surface area contributed by atoms with Gasteiger partial charge in [-0.15, -0.1) is 0 Å². The molecule has 0 aromatic heterocycles. The van der Waals surface area contributed by atoms with E-state index in [4.69, 9.17) is 0 Å². The Bertz CT molecular complexity index is 2680. The molecule has 0 aliphatic carbocycles. The molecule has 1 aliphatic rings. The lowest BCUT2D eigenvalue weighted by Crippen LogP contribution is -1.97. The molecular formula is C48H30S. The van der Waals surface area contributed by atoms with Gasteiger partial charge >= 0.3 is 0 Å². The van der Waals surface area contributed by atoms with Crippen molar-refractivity contribution in [2.75, 3.05) is 0 Å². The van der Waals surface area contributed by atoms with Gasteiger partial charge in [-0.25, -0.2) is 0 Å². The van der Waals surface area contributed by atoms with Gasteiger partial charge in [0.15, 0.2) is 0 Å². The van der Waals surface area contributed by atoms with E-state index in [9.17, 15) is 0 Å². The van der Waals surface area contributed by atoms with Gasteiger partial charge in [0.2, 0.25) is 0 Å². The molecule has 0 spiro atoms. The lowest BCUT2D eigenvalue weighted by atomic mass is 9.84. The Labute approximate surface area is 290 Å². The normalized spacial score (nSPS) is 12.0. The Kier molecular flexibility index (Phi) is 6.53. The van der Waals surface area contributed by atoms with Crippen molar-refractivity contribution < 1.29 is 0 Å². The number of hydrogen-bond donors (Lipinski definition) is 0. The first kappa shape index (κ1) is 28.2. The van der Waals surface area contributed by atoms with Gasteiger partial charge in [-0.2, -0.15) is 0 Å². The predicted molar refractivity (Wildman–Crippen MR) is 210 cm³/mol. The summed E-state index contributed by atoms with van der Waals surface area (Å²) in [5, 5.41) is 7.66. The Morgan fingerprint density at radius 2 is 0.796 bits per heavy atom. The third kappa shape index (κ3) is 4.47. The van der Waals surface area contributed by atoms with Crippen molar-refractivity contribution in [3.8, 4) is 55.6 Å². The zero-order chi connectivity index (χ0) is 32.3.